The molecule has 0 unspecified atom stereocenters. The van der Waals surface area contributed by atoms with Crippen molar-refractivity contribution in [3.63, 3.8) is 0 Å². The van der Waals surface area contributed by atoms with E-state index in [4.69, 9.17) is 19.9 Å². The molecule has 1 aliphatic rings. The van der Waals surface area contributed by atoms with Crippen LogP contribution in [0.25, 0.3) is 6.08 Å². The molecule has 0 radical (unpaired) electrons. The summed E-state index contributed by atoms with van der Waals surface area (Å²) < 4.78 is 16.5. The molecule has 0 atom stereocenters. The van der Waals surface area contributed by atoms with Gasteiger partial charge < -0.3 is 24.8 Å². The number of fused-ring (bicyclic) bond motifs is 1. The van der Waals surface area contributed by atoms with Gasteiger partial charge in [-0.05, 0) is 57.9 Å². The van der Waals surface area contributed by atoms with E-state index in [9.17, 15) is 4.79 Å². The van der Waals surface area contributed by atoms with Gasteiger partial charge in [0, 0.05) is 19.7 Å². The van der Waals surface area contributed by atoms with Crippen LogP contribution in [0, 0.1) is 0 Å². The normalized spacial score (nSPS) is 12.8. The second-order valence-electron chi connectivity index (χ2n) is 5.95. The molecule has 0 fully saturated rings. The number of allylic oxidation sites excluding steroid dienone is 1. The van der Waals surface area contributed by atoms with Gasteiger partial charge in [0.05, 0.1) is 23.0 Å². The standard InChI is InChI=1S/C19H19BrN2O4/c1-22(2)15-9-12(4-5-14(15)21)18(23)13(20)6-11-7-16(24-3)19-17(8-11)25-10-26-19/h4-9H,10,21H2,1-3H3/b13-6+. The van der Waals surface area contributed by atoms with Crippen molar-refractivity contribution in [1.29, 1.82) is 0 Å². The molecule has 0 aliphatic carbocycles. The smallest absolute Gasteiger partial charge is 0.231 e. The lowest BCUT2D eigenvalue weighted by molar-refractivity contribution is 0.104. The predicted molar refractivity (Wildman–Crippen MR) is 106 cm³/mol. The molecule has 2 aromatic carbocycles. The van der Waals surface area contributed by atoms with Crippen LogP contribution in [-0.2, 0) is 0 Å². The van der Waals surface area contributed by atoms with Gasteiger partial charge in [-0.1, -0.05) is 0 Å². The Morgan fingerprint density at radius 2 is 2.04 bits per heavy atom. The van der Waals surface area contributed by atoms with Crippen molar-refractivity contribution >= 4 is 39.2 Å². The molecule has 0 bridgehead atoms. The molecule has 6 nitrogen and oxygen atoms in total. The molecule has 26 heavy (non-hydrogen) atoms. The Morgan fingerprint density at radius 1 is 1.27 bits per heavy atom. The Hall–Kier alpha value is -2.67. The lowest BCUT2D eigenvalue weighted by atomic mass is 10.1. The van der Waals surface area contributed by atoms with E-state index in [1.54, 1.807) is 43.5 Å². The monoisotopic (exact) mass is 418 g/mol. The third-order valence-corrected chi connectivity index (χ3v) is 4.55. The molecule has 3 rings (SSSR count). The number of rotatable bonds is 5. The minimum absolute atomic E-state index is 0.148. The van der Waals surface area contributed by atoms with E-state index in [0.29, 0.717) is 33.0 Å². The third-order valence-electron chi connectivity index (χ3n) is 3.97. The summed E-state index contributed by atoms with van der Waals surface area (Å²) in [6.07, 6.45) is 1.72. The average Bonchev–Trinajstić information content (AvgIpc) is 3.09. The fraction of sp³-hybridized carbons (Fsp3) is 0.211. The molecule has 0 saturated carbocycles. The SMILES string of the molecule is COc1cc(/C=C(/Br)C(=O)c2ccc(N)c(N(C)C)c2)cc2c1OCO2. The molecule has 0 amide bonds. The van der Waals surface area contributed by atoms with Crippen LogP contribution in [0.15, 0.2) is 34.8 Å². The van der Waals surface area contributed by atoms with Gasteiger partial charge >= 0.3 is 0 Å². The Balaban J connectivity index is 1.93. The first-order chi connectivity index (χ1) is 12.4. The molecule has 0 spiro atoms. The van der Waals surface area contributed by atoms with Crippen molar-refractivity contribution in [3.8, 4) is 17.2 Å². The van der Waals surface area contributed by atoms with Crippen LogP contribution in [0.1, 0.15) is 15.9 Å². The number of benzene rings is 2. The summed E-state index contributed by atoms with van der Waals surface area (Å²) in [6, 6.07) is 8.79. The van der Waals surface area contributed by atoms with Crippen LogP contribution in [0.5, 0.6) is 17.2 Å². The van der Waals surface area contributed by atoms with Crippen molar-refractivity contribution in [2.24, 2.45) is 0 Å². The number of hydrogen-bond donors (Lipinski definition) is 1. The van der Waals surface area contributed by atoms with E-state index in [1.165, 1.54) is 0 Å². The first-order valence-corrected chi connectivity index (χ1v) is 8.66. The molecule has 136 valence electrons. The van der Waals surface area contributed by atoms with E-state index in [-0.39, 0.29) is 12.6 Å². The van der Waals surface area contributed by atoms with Crippen LogP contribution >= 0.6 is 15.9 Å². The van der Waals surface area contributed by atoms with Crippen LogP contribution in [0.4, 0.5) is 11.4 Å². The van der Waals surface area contributed by atoms with Gasteiger partial charge in [-0.2, -0.15) is 0 Å². The maximum atomic E-state index is 12.8. The molecule has 7 heteroatoms. The van der Waals surface area contributed by atoms with E-state index in [0.717, 1.165) is 11.3 Å². The van der Waals surface area contributed by atoms with Gasteiger partial charge in [-0.3, -0.25) is 4.79 Å². The largest absolute Gasteiger partial charge is 0.493 e. The second-order valence-corrected chi connectivity index (χ2v) is 6.80. The Morgan fingerprint density at radius 3 is 2.73 bits per heavy atom. The zero-order valence-corrected chi connectivity index (χ0v) is 16.3. The lowest BCUT2D eigenvalue weighted by Crippen LogP contribution is -2.12. The molecule has 2 aromatic rings. The van der Waals surface area contributed by atoms with Crippen LogP contribution in [-0.4, -0.2) is 33.8 Å². The number of anilines is 2. The number of nitrogens with two attached hydrogens (primary N) is 1. The topological polar surface area (TPSA) is 74.0 Å². The van der Waals surface area contributed by atoms with Gasteiger partial charge in [0.25, 0.3) is 0 Å². The minimum Gasteiger partial charge on any atom is -0.493 e. The second kappa shape index (κ2) is 7.29. The summed E-state index contributed by atoms with van der Waals surface area (Å²) in [5.74, 6) is 1.57. The summed E-state index contributed by atoms with van der Waals surface area (Å²) >= 11 is 3.38. The van der Waals surface area contributed by atoms with Gasteiger partial charge in [-0.15, -0.1) is 0 Å². The number of carbonyl (C=O) groups is 1. The molecule has 1 aliphatic heterocycles. The van der Waals surface area contributed by atoms with Gasteiger partial charge in [-0.25, -0.2) is 0 Å². The summed E-state index contributed by atoms with van der Waals surface area (Å²) in [4.78, 5) is 14.6. The summed E-state index contributed by atoms with van der Waals surface area (Å²) in [7, 11) is 5.32. The summed E-state index contributed by atoms with van der Waals surface area (Å²) in [6.45, 7) is 0.151. The van der Waals surface area contributed by atoms with Crippen molar-refractivity contribution in [1.82, 2.24) is 0 Å². The molecular weight excluding hydrogens is 400 g/mol. The summed E-state index contributed by atoms with van der Waals surface area (Å²) in [5, 5.41) is 0. The third kappa shape index (κ3) is 3.48. The quantitative estimate of drug-likeness (QED) is 0.453. The number of methoxy groups -OCH3 is 1. The molecule has 2 N–H and O–H groups in total. The molecule has 0 aromatic heterocycles. The fourth-order valence-electron chi connectivity index (χ4n) is 2.66. The van der Waals surface area contributed by atoms with Crippen molar-refractivity contribution in [2.45, 2.75) is 0 Å². The van der Waals surface area contributed by atoms with Gasteiger partial charge in [0.2, 0.25) is 12.5 Å². The van der Waals surface area contributed by atoms with E-state index in [2.05, 4.69) is 15.9 Å². The van der Waals surface area contributed by atoms with Crippen LogP contribution in [0.2, 0.25) is 0 Å². The molecular formula is C19H19BrN2O4. The zero-order valence-electron chi connectivity index (χ0n) is 14.7. The number of carbonyl (C=O) groups excluding carboxylic acids is 1. The maximum absolute atomic E-state index is 12.8. The number of halogens is 1. The summed E-state index contributed by atoms with van der Waals surface area (Å²) in [5.41, 5.74) is 8.66. The highest BCUT2D eigenvalue weighted by Crippen LogP contribution is 2.42. The molecule has 0 saturated heterocycles. The first-order valence-electron chi connectivity index (χ1n) is 7.87. The first kappa shape index (κ1) is 18.1. The Bertz CT molecular complexity index is 893. The number of Topliss-reactive ketones (excluding diaryl/α,β-unsaturated/α-hetero) is 1. The highest BCUT2D eigenvalue weighted by atomic mass is 79.9. The molecule has 1 heterocycles. The van der Waals surface area contributed by atoms with Crippen LogP contribution < -0.4 is 24.8 Å². The Kier molecular flexibility index (Phi) is 5.08. The number of nitrogen functional groups attached to an aromatic ring is 1. The number of ketones is 1. The van der Waals surface area contributed by atoms with Crippen molar-refractivity contribution in [3.05, 3.63) is 45.9 Å². The van der Waals surface area contributed by atoms with Gasteiger partial charge in [0.1, 0.15) is 0 Å². The van der Waals surface area contributed by atoms with Crippen molar-refractivity contribution in [2.75, 3.05) is 38.6 Å². The van der Waals surface area contributed by atoms with Gasteiger partial charge in [0.15, 0.2) is 17.3 Å². The predicted octanol–water partition coefficient (Wildman–Crippen LogP) is 3.69. The zero-order chi connectivity index (χ0) is 18.8. The lowest BCUT2D eigenvalue weighted by Gasteiger charge is -2.16. The highest BCUT2D eigenvalue weighted by molar-refractivity contribution is 9.12. The van der Waals surface area contributed by atoms with E-state index < -0.39 is 0 Å². The maximum Gasteiger partial charge on any atom is 0.231 e. The average molecular weight is 419 g/mol. The van der Waals surface area contributed by atoms with Crippen molar-refractivity contribution < 1.29 is 19.0 Å². The van der Waals surface area contributed by atoms with E-state index in [1.807, 2.05) is 19.0 Å². The Labute approximate surface area is 160 Å². The number of ether oxygens (including phenoxy) is 3. The minimum atomic E-state index is -0.148. The fourth-order valence-corrected chi connectivity index (χ4v) is 3.15. The van der Waals surface area contributed by atoms with Crippen LogP contribution in [0.3, 0.4) is 0 Å². The number of hydrogen-bond acceptors (Lipinski definition) is 6. The highest BCUT2D eigenvalue weighted by Gasteiger charge is 2.20. The van der Waals surface area contributed by atoms with E-state index >= 15 is 0 Å². The number of nitrogens with zero attached hydrogens (tertiary/aromatic N) is 1.